The summed E-state index contributed by atoms with van der Waals surface area (Å²) in [5.74, 6) is -2.38. The number of fused-ring (bicyclic) bond motifs is 6. The highest BCUT2D eigenvalue weighted by Gasteiger charge is 2.53. The zero-order valence-electron chi connectivity index (χ0n) is 85.8. The Bertz CT molecular complexity index is 4670. The molecule has 7 aromatic rings. The summed E-state index contributed by atoms with van der Waals surface area (Å²) < 4.78 is 51.8. The predicted molar refractivity (Wildman–Crippen MR) is 533 cm³/mol. The fraction of sp³-hybridized carbons (Fsp3) is 0.442. The molecule has 6 aliphatic rings. The highest BCUT2D eigenvalue weighted by Crippen LogP contribution is 2.56. The van der Waals surface area contributed by atoms with Crippen molar-refractivity contribution in [2.75, 3.05) is 35.5 Å². The summed E-state index contributed by atoms with van der Waals surface area (Å²) in [6, 6.07) is 59.5. The Balaban J connectivity index is 0.000000516. The molecule has 0 saturated heterocycles. The summed E-state index contributed by atoms with van der Waals surface area (Å²) in [6.45, 7) is 80.7. The largest absolute Gasteiger partial charge is 0.469 e. The fourth-order valence-electron chi connectivity index (χ4n) is 18.2. The number of methoxy groups -OCH3 is 2. The molecule has 0 saturated carbocycles. The average Bonchev–Trinajstić information content (AvgIpc) is 1.63. The zero-order valence-corrected chi connectivity index (χ0v) is 85.8. The lowest BCUT2D eigenvalue weighted by Crippen LogP contribution is -2.28. The van der Waals surface area contributed by atoms with Crippen molar-refractivity contribution in [2.24, 2.45) is 0 Å². The van der Waals surface area contributed by atoms with Gasteiger partial charge in [0.15, 0.2) is 7.05 Å². The molecule has 0 bridgehead atoms. The molecule has 0 aromatic heterocycles. The van der Waals surface area contributed by atoms with Gasteiger partial charge in [-0.05, 0) is 189 Å². The third kappa shape index (κ3) is 32.5. The molecular formula is C113H149FN2O18. The van der Waals surface area contributed by atoms with E-state index in [1.807, 2.05) is 133 Å². The molecule has 6 unspecified atom stereocenters. The molecule has 0 radical (unpaired) electrons. The molecule has 7 aromatic carbocycles. The van der Waals surface area contributed by atoms with Gasteiger partial charge in [0.25, 0.3) is 0 Å². The molecule has 0 heterocycles. The Hall–Kier alpha value is -12.4. The Labute approximate surface area is 798 Å². The van der Waals surface area contributed by atoms with E-state index in [9.17, 15) is 42.7 Å². The van der Waals surface area contributed by atoms with Crippen LogP contribution in [0.3, 0.4) is 0 Å². The number of hydrogen-bond donors (Lipinski definition) is 0. The molecule has 0 aliphatic heterocycles. The number of esters is 8. The van der Waals surface area contributed by atoms with Crippen LogP contribution in [0.25, 0.3) is 4.85 Å². The normalized spacial score (nSPS) is 21.0. The maximum atomic E-state index is 11.8. The molecule has 6 atom stereocenters. The first kappa shape index (κ1) is 118. The SMILES string of the molecule is C=C(C)C(=O)OC1(C)CC(C)(C)c2ccccc21.C=C(C)C(=O)OC1(C)CC(C)(C)c2ccccc21.C=C(C)C(=O)OC1(C)CC(C)(C)c2ccccc21.C=C(C)C(=O)OC1(C)CC(C)(C)c2ccccc21.C=C(C)C(=O)OC1(C)CC(C)(C)c2ccccc21.C=C(C)C(=O)OC1(C)CC(C)(C)c2ccccc21.CF.COC(C)=O.COC(C)=O.C[N+](=O)[O-].Cc1ccccc1.[C-]#[N+]C. The van der Waals surface area contributed by atoms with Crippen LogP contribution >= 0.6 is 0 Å². The number of carbonyl (C=O) groups is 8. The van der Waals surface area contributed by atoms with E-state index in [4.69, 9.17) is 45.1 Å². The van der Waals surface area contributed by atoms with Gasteiger partial charge < -0.3 is 42.7 Å². The van der Waals surface area contributed by atoms with Crippen LogP contribution in [0.4, 0.5) is 4.39 Å². The van der Waals surface area contributed by atoms with Gasteiger partial charge in [-0.1, -0.05) is 304 Å². The highest BCUT2D eigenvalue weighted by atomic mass is 19.1. The first-order valence-corrected chi connectivity index (χ1v) is 44.4. The zero-order chi connectivity index (χ0) is 103. The average molecular weight is 1840 g/mol. The fourth-order valence-corrected chi connectivity index (χ4v) is 18.2. The number of benzene rings is 7. The van der Waals surface area contributed by atoms with Gasteiger partial charge in [-0.2, -0.15) is 0 Å². The molecule has 13 rings (SSSR count). The van der Waals surface area contributed by atoms with Gasteiger partial charge in [-0.3, -0.25) is 24.1 Å². The van der Waals surface area contributed by atoms with E-state index in [1.165, 1.54) is 74.1 Å². The van der Waals surface area contributed by atoms with E-state index >= 15 is 0 Å². The van der Waals surface area contributed by atoms with Crippen LogP contribution in [0.15, 0.2) is 249 Å². The van der Waals surface area contributed by atoms with Crippen molar-refractivity contribution in [3.05, 3.63) is 343 Å². The van der Waals surface area contributed by atoms with Crippen LogP contribution < -0.4 is 0 Å². The number of carbonyl (C=O) groups excluding carboxylic acids is 8. The highest BCUT2D eigenvalue weighted by molar-refractivity contribution is 5.90. The van der Waals surface area contributed by atoms with Gasteiger partial charge in [-0.25, -0.2) is 35.3 Å². The van der Waals surface area contributed by atoms with Crippen molar-refractivity contribution in [2.45, 2.75) is 292 Å². The minimum absolute atomic E-state index is 0.0285. The number of hydrogen-bond acceptors (Lipinski definition) is 18. The number of nitrogens with zero attached hydrogens (tertiary/aromatic N) is 2. The van der Waals surface area contributed by atoms with E-state index in [2.05, 4.69) is 229 Å². The molecule has 0 N–H and O–H groups in total. The van der Waals surface area contributed by atoms with E-state index in [0.717, 1.165) is 79.0 Å². The van der Waals surface area contributed by atoms with Crippen LogP contribution in [0.1, 0.15) is 291 Å². The number of ether oxygens (including phenoxy) is 8. The number of rotatable bonds is 12. The lowest BCUT2D eigenvalue weighted by molar-refractivity contribution is -0.445. The van der Waals surface area contributed by atoms with Crippen molar-refractivity contribution >= 4 is 47.8 Å². The number of aryl methyl sites for hydroxylation is 1. The Morgan fingerprint density at radius 2 is 0.403 bits per heavy atom. The third-order valence-corrected chi connectivity index (χ3v) is 23.5. The maximum Gasteiger partial charge on any atom is 0.333 e. The van der Waals surface area contributed by atoms with Crippen molar-refractivity contribution < 1.29 is 85.6 Å². The number of halogens is 1. The molecule has 0 amide bonds. The topological polar surface area (TPSA) is 258 Å². The first-order valence-electron chi connectivity index (χ1n) is 44.4. The second-order valence-corrected chi connectivity index (χ2v) is 39.8. The van der Waals surface area contributed by atoms with Gasteiger partial charge in [0.2, 0.25) is 7.05 Å². The van der Waals surface area contributed by atoms with E-state index < -0.39 is 38.5 Å². The van der Waals surface area contributed by atoms with Crippen molar-refractivity contribution in [1.82, 2.24) is 0 Å². The molecule has 20 nitrogen and oxygen atoms in total. The van der Waals surface area contributed by atoms with Crippen LogP contribution in [0.5, 0.6) is 0 Å². The standard InChI is InChI=1S/6C16H20O2.C7H8.2C3H6O2.C2H3N.CH3F.CH3NO2/c6*1-11(2)14(17)18-16(5)10-15(3,4)12-8-6-7-9-13(12)16;1-7-5-3-2-4-6-7;2*1-3(4)5-2;1-3-2;1-2;1-2(3)4/h6*6-9H,1,10H2,2-5H3;2-6H,1H3;2*1-2H3;1H3;1H3;1H3. The predicted octanol–water partition coefficient (Wildman–Crippen LogP) is 25.6. The molecule has 6 aliphatic carbocycles. The molecule has 726 valence electrons. The Morgan fingerprint density at radius 3 is 0.493 bits per heavy atom. The molecule has 21 heteroatoms. The van der Waals surface area contributed by atoms with Gasteiger partial charge in [0.1, 0.15) is 33.6 Å². The summed E-state index contributed by atoms with van der Waals surface area (Å²) in [5.41, 5.74) is 15.2. The molecule has 0 spiro atoms. The lowest BCUT2D eigenvalue weighted by atomic mass is 9.85. The minimum atomic E-state index is -0.546. The second kappa shape index (κ2) is 49.0. The summed E-state index contributed by atoms with van der Waals surface area (Å²) in [4.78, 5) is 101. The number of nitro groups is 1. The van der Waals surface area contributed by atoms with E-state index in [1.54, 1.807) is 41.5 Å². The van der Waals surface area contributed by atoms with E-state index in [-0.39, 0.29) is 80.2 Å². The van der Waals surface area contributed by atoms with Crippen LogP contribution in [-0.2, 0) is 142 Å². The minimum Gasteiger partial charge on any atom is -0.469 e. The van der Waals surface area contributed by atoms with Crippen LogP contribution in [-0.4, -0.2) is 88.2 Å². The third-order valence-electron chi connectivity index (χ3n) is 23.5. The molecule has 134 heavy (non-hydrogen) atoms. The summed E-state index contributed by atoms with van der Waals surface area (Å²) >= 11 is 0. The molecule has 0 fully saturated rings. The van der Waals surface area contributed by atoms with Crippen molar-refractivity contribution in [3.63, 3.8) is 0 Å². The first-order chi connectivity index (χ1) is 61.6. The quantitative estimate of drug-likeness (QED) is 0.0275. The van der Waals surface area contributed by atoms with Crippen LogP contribution in [0.2, 0.25) is 0 Å². The number of alkyl halides is 1. The van der Waals surface area contributed by atoms with Gasteiger partial charge in [-0.15, -0.1) is 0 Å². The smallest absolute Gasteiger partial charge is 0.333 e. The van der Waals surface area contributed by atoms with Gasteiger partial charge in [0.05, 0.1) is 21.4 Å². The van der Waals surface area contributed by atoms with Crippen molar-refractivity contribution in [1.29, 1.82) is 0 Å². The monoisotopic (exact) mass is 1840 g/mol. The van der Waals surface area contributed by atoms with Crippen LogP contribution in [0, 0.1) is 23.6 Å². The lowest BCUT2D eigenvalue weighted by Gasteiger charge is -2.27. The Kier molecular flexibility index (Phi) is 43.0. The second-order valence-electron chi connectivity index (χ2n) is 39.8. The summed E-state index contributed by atoms with van der Waals surface area (Å²) in [7, 11) is 5.50. The molecular weight excluding hydrogens is 1690 g/mol. The van der Waals surface area contributed by atoms with Crippen molar-refractivity contribution in [3.8, 4) is 0 Å². The maximum absolute atomic E-state index is 11.8. The Morgan fingerprint density at radius 1 is 0.299 bits per heavy atom. The van der Waals surface area contributed by atoms with Gasteiger partial charge in [0, 0.05) is 90.7 Å². The van der Waals surface area contributed by atoms with Gasteiger partial charge >= 0.3 is 47.8 Å². The summed E-state index contributed by atoms with van der Waals surface area (Å²) in [6.07, 6.45) is 4.82. The summed E-state index contributed by atoms with van der Waals surface area (Å²) in [5, 5.41) is 8.81. The van der Waals surface area contributed by atoms with E-state index in [0.29, 0.717) is 40.6 Å².